The number of ether oxygens (including phenoxy) is 1. The van der Waals surface area contributed by atoms with Gasteiger partial charge in [-0.1, -0.05) is 151 Å². The first-order chi connectivity index (χ1) is 19.5. The third-order valence-corrected chi connectivity index (χ3v) is 8.66. The zero-order chi connectivity index (χ0) is 31.1. The second-order valence-electron chi connectivity index (χ2n) is 14.4. The molecule has 0 amide bonds. The SMILES string of the molecule is COC(c1ccc(C(C)(C)C)cc1)(c1ccc(C(C)(C)C)cc1)c1cc(Br)cc(C(=O)c2ccc(C(C)(C)C)cc2)c1. The normalized spacial score (nSPS) is 12.8. The van der Waals surface area contributed by atoms with E-state index in [-0.39, 0.29) is 22.0 Å². The van der Waals surface area contributed by atoms with Crippen LogP contribution in [0.1, 0.15) is 112 Å². The van der Waals surface area contributed by atoms with Gasteiger partial charge in [-0.15, -0.1) is 0 Å². The minimum absolute atomic E-state index is 0.0193. The number of halogens is 1. The molecule has 0 bridgehead atoms. The summed E-state index contributed by atoms with van der Waals surface area (Å²) in [6, 6.07) is 31.3. The van der Waals surface area contributed by atoms with Gasteiger partial charge in [0.15, 0.2) is 5.78 Å². The van der Waals surface area contributed by atoms with Crippen LogP contribution >= 0.6 is 15.9 Å². The van der Waals surface area contributed by atoms with E-state index in [9.17, 15) is 4.79 Å². The van der Waals surface area contributed by atoms with E-state index in [4.69, 9.17) is 4.74 Å². The molecule has 3 heteroatoms. The minimum Gasteiger partial charge on any atom is -0.364 e. The molecule has 4 aromatic rings. The number of hydrogen-bond acceptors (Lipinski definition) is 2. The molecule has 42 heavy (non-hydrogen) atoms. The van der Waals surface area contributed by atoms with E-state index in [1.807, 2.05) is 24.3 Å². The van der Waals surface area contributed by atoms with Crippen LogP contribution in [0.15, 0.2) is 95.5 Å². The zero-order valence-corrected chi connectivity index (χ0v) is 28.4. The van der Waals surface area contributed by atoms with Gasteiger partial charge in [-0.2, -0.15) is 0 Å². The first kappa shape index (κ1) is 31.9. The highest BCUT2D eigenvalue weighted by molar-refractivity contribution is 9.10. The fourth-order valence-electron chi connectivity index (χ4n) is 5.48. The summed E-state index contributed by atoms with van der Waals surface area (Å²) in [7, 11) is 1.75. The minimum atomic E-state index is -0.929. The lowest BCUT2D eigenvalue weighted by atomic mass is 9.76. The summed E-state index contributed by atoms with van der Waals surface area (Å²) >= 11 is 3.73. The predicted octanol–water partition coefficient (Wildman–Crippen LogP) is 10.5. The fourth-order valence-corrected chi connectivity index (χ4v) is 5.97. The third-order valence-electron chi connectivity index (χ3n) is 8.20. The van der Waals surface area contributed by atoms with Gasteiger partial charge < -0.3 is 4.74 Å². The van der Waals surface area contributed by atoms with Gasteiger partial charge >= 0.3 is 0 Å². The van der Waals surface area contributed by atoms with Crippen molar-refractivity contribution in [1.82, 2.24) is 0 Å². The van der Waals surface area contributed by atoms with Crippen LogP contribution in [0.5, 0.6) is 0 Å². The Morgan fingerprint density at radius 2 is 0.857 bits per heavy atom. The Kier molecular flexibility index (Phi) is 8.80. The van der Waals surface area contributed by atoms with Crippen molar-refractivity contribution in [2.45, 2.75) is 84.2 Å². The zero-order valence-electron chi connectivity index (χ0n) is 26.9. The Labute approximate surface area is 261 Å². The summed E-state index contributed by atoms with van der Waals surface area (Å²) < 4.78 is 7.39. The number of benzene rings is 4. The van der Waals surface area contributed by atoms with Crippen LogP contribution in [0, 0.1) is 0 Å². The van der Waals surface area contributed by atoms with Crippen molar-refractivity contribution < 1.29 is 9.53 Å². The first-order valence-corrected chi connectivity index (χ1v) is 15.5. The summed E-state index contributed by atoms with van der Waals surface area (Å²) in [5, 5.41) is 0. The number of ketones is 1. The smallest absolute Gasteiger partial charge is 0.193 e. The van der Waals surface area contributed by atoms with Crippen molar-refractivity contribution in [1.29, 1.82) is 0 Å². The van der Waals surface area contributed by atoms with E-state index < -0.39 is 5.60 Å². The van der Waals surface area contributed by atoms with Gasteiger partial charge in [0.2, 0.25) is 0 Å². The van der Waals surface area contributed by atoms with E-state index >= 15 is 0 Å². The summed E-state index contributed by atoms with van der Waals surface area (Å²) in [6.07, 6.45) is 0. The van der Waals surface area contributed by atoms with Crippen LogP contribution in [-0.2, 0) is 26.6 Å². The molecule has 4 rings (SSSR count). The summed E-state index contributed by atoms with van der Waals surface area (Å²) in [4.78, 5) is 13.8. The lowest BCUT2D eigenvalue weighted by Gasteiger charge is -2.36. The Bertz CT molecular complexity index is 1480. The highest BCUT2D eigenvalue weighted by atomic mass is 79.9. The number of rotatable bonds is 6. The van der Waals surface area contributed by atoms with Gasteiger partial charge in [-0.3, -0.25) is 4.79 Å². The average molecular weight is 626 g/mol. The standard InChI is InChI=1S/C39H45BrO2/c1-36(2,3)28-13-11-26(12-14-28)35(41)27-23-33(25-34(40)24-27)39(42-10,31-19-15-29(16-20-31)37(4,5)6)32-21-17-30(18-22-32)38(7,8)9/h11-25H,1-10H3. The molecule has 0 radical (unpaired) electrons. The molecule has 0 aliphatic carbocycles. The maximum Gasteiger partial charge on any atom is 0.193 e. The fraction of sp³-hybridized carbons (Fsp3) is 0.359. The van der Waals surface area contributed by atoms with E-state index in [0.717, 1.165) is 21.2 Å². The molecule has 0 spiro atoms. The average Bonchev–Trinajstić information content (AvgIpc) is 2.92. The molecule has 0 N–H and O–H groups in total. The van der Waals surface area contributed by atoms with Gasteiger partial charge in [0.1, 0.15) is 5.60 Å². The van der Waals surface area contributed by atoms with Gasteiger partial charge in [0, 0.05) is 22.7 Å². The number of carbonyl (C=O) groups excluding carboxylic acids is 1. The molecular weight excluding hydrogens is 580 g/mol. The Balaban J connectivity index is 1.91. The van der Waals surface area contributed by atoms with Gasteiger partial charge in [-0.05, 0) is 67.8 Å². The van der Waals surface area contributed by atoms with Crippen LogP contribution in [0.4, 0.5) is 0 Å². The van der Waals surface area contributed by atoms with Crippen molar-refractivity contribution >= 4 is 21.7 Å². The summed E-state index contributed by atoms with van der Waals surface area (Å²) in [5.74, 6) is -0.0193. The molecule has 220 valence electrons. The lowest BCUT2D eigenvalue weighted by Crippen LogP contribution is -2.32. The first-order valence-electron chi connectivity index (χ1n) is 14.7. The Morgan fingerprint density at radius 1 is 0.500 bits per heavy atom. The van der Waals surface area contributed by atoms with Crippen molar-refractivity contribution in [3.8, 4) is 0 Å². The highest BCUT2D eigenvalue weighted by Gasteiger charge is 2.38. The number of methoxy groups -OCH3 is 1. The molecule has 2 nitrogen and oxygen atoms in total. The van der Waals surface area contributed by atoms with Crippen molar-refractivity contribution in [2.75, 3.05) is 7.11 Å². The highest BCUT2D eigenvalue weighted by Crippen LogP contribution is 2.43. The third kappa shape index (κ3) is 6.48. The summed E-state index contributed by atoms with van der Waals surface area (Å²) in [5.41, 5.74) is 7.04. The predicted molar refractivity (Wildman–Crippen MR) is 180 cm³/mol. The van der Waals surface area contributed by atoms with E-state index in [2.05, 4.69) is 145 Å². The summed E-state index contributed by atoms with van der Waals surface area (Å²) in [6.45, 7) is 19.8. The van der Waals surface area contributed by atoms with Crippen molar-refractivity contribution in [3.05, 3.63) is 140 Å². The van der Waals surface area contributed by atoms with Crippen LogP contribution in [0.3, 0.4) is 0 Å². The van der Waals surface area contributed by atoms with E-state index in [0.29, 0.717) is 11.1 Å². The van der Waals surface area contributed by atoms with Gasteiger partial charge in [-0.25, -0.2) is 0 Å². The lowest BCUT2D eigenvalue weighted by molar-refractivity contribution is 0.0583. The Morgan fingerprint density at radius 3 is 1.21 bits per heavy atom. The second kappa shape index (κ2) is 11.6. The molecule has 0 fully saturated rings. The molecule has 0 aliphatic heterocycles. The second-order valence-corrected chi connectivity index (χ2v) is 15.3. The van der Waals surface area contributed by atoms with Crippen molar-refractivity contribution in [3.63, 3.8) is 0 Å². The van der Waals surface area contributed by atoms with Crippen molar-refractivity contribution in [2.24, 2.45) is 0 Å². The Hall–Kier alpha value is -3.01. The van der Waals surface area contributed by atoms with Crippen LogP contribution in [-0.4, -0.2) is 12.9 Å². The van der Waals surface area contributed by atoms with Crippen LogP contribution < -0.4 is 0 Å². The molecule has 0 heterocycles. The maximum absolute atomic E-state index is 13.8. The van der Waals surface area contributed by atoms with Gasteiger partial charge in [0.05, 0.1) is 0 Å². The largest absolute Gasteiger partial charge is 0.364 e. The maximum atomic E-state index is 13.8. The number of carbonyl (C=O) groups is 1. The number of hydrogen-bond donors (Lipinski definition) is 0. The van der Waals surface area contributed by atoms with E-state index in [1.54, 1.807) is 7.11 Å². The van der Waals surface area contributed by atoms with Crippen LogP contribution in [0.25, 0.3) is 0 Å². The van der Waals surface area contributed by atoms with E-state index in [1.165, 1.54) is 16.7 Å². The molecular formula is C39H45BrO2. The monoisotopic (exact) mass is 624 g/mol. The molecule has 0 unspecified atom stereocenters. The topological polar surface area (TPSA) is 26.3 Å². The molecule has 0 saturated heterocycles. The quantitative estimate of drug-likeness (QED) is 0.157. The van der Waals surface area contributed by atoms with Gasteiger partial charge in [0.25, 0.3) is 0 Å². The molecule has 0 saturated carbocycles. The molecule has 0 aromatic heterocycles. The van der Waals surface area contributed by atoms with Crippen LogP contribution in [0.2, 0.25) is 0 Å². The molecule has 0 aliphatic rings. The molecule has 4 aromatic carbocycles. The molecule has 0 atom stereocenters.